The third kappa shape index (κ3) is 6.60. The molecule has 0 aliphatic rings. The Labute approximate surface area is 161 Å². The summed E-state index contributed by atoms with van der Waals surface area (Å²) in [6, 6.07) is 11.4. The quantitative estimate of drug-likeness (QED) is 0.468. The second kappa shape index (κ2) is 10.6. The van der Waals surface area contributed by atoms with E-state index in [4.69, 9.17) is 18.9 Å². The lowest BCUT2D eigenvalue weighted by Crippen LogP contribution is -2.17. The van der Waals surface area contributed by atoms with Gasteiger partial charge in [0.15, 0.2) is 14.5 Å². The smallest absolute Gasteiger partial charge is 0.344 e. The van der Waals surface area contributed by atoms with E-state index in [0.717, 1.165) is 16.9 Å². The van der Waals surface area contributed by atoms with E-state index in [1.54, 1.807) is 20.1 Å². The molecule has 0 N–H and O–H groups in total. The number of ether oxygens (including phenoxy) is 4. The highest BCUT2D eigenvalue weighted by atomic mass is 16.6. The summed E-state index contributed by atoms with van der Waals surface area (Å²) in [7, 11) is 3.62. The Morgan fingerprint density at radius 3 is 2.74 bits per heavy atom. The van der Waals surface area contributed by atoms with Crippen molar-refractivity contribution in [1.82, 2.24) is 4.98 Å². The summed E-state index contributed by atoms with van der Waals surface area (Å²) in [6.45, 7) is 4.46. The highest BCUT2D eigenvalue weighted by Crippen LogP contribution is 2.28. The van der Waals surface area contributed by atoms with E-state index in [9.17, 15) is 4.79 Å². The fourth-order valence-corrected chi connectivity index (χ4v) is 2.60. The number of carbonyl (C=O) groups excluding carboxylic acids is 1. The number of benzene rings is 1. The molecule has 0 saturated carbocycles. The Balaban J connectivity index is 2.08. The number of aryl methyl sites for hydroxylation is 1. The summed E-state index contributed by atoms with van der Waals surface area (Å²) in [5.41, 5.74) is 2.68. The van der Waals surface area contributed by atoms with Crippen LogP contribution in [-0.2, 0) is 14.3 Å². The van der Waals surface area contributed by atoms with Crippen molar-refractivity contribution in [1.29, 1.82) is 0 Å². The van der Waals surface area contributed by atoms with Crippen LogP contribution in [0.15, 0.2) is 36.4 Å². The molecule has 1 aromatic carbocycles. The molecular weight excluding hydrogens is 345 g/mol. The van der Waals surface area contributed by atoms with Gasteiger partial charge >= 0.3 is 5.97 Å². The van der Waals surface area contributed by atoms with Crippen LogP contribution in [0.4, 0.5) is 0 Å². The van der Waals surface area contributed by atoms with Crippen molar-refractivity contribution in [3.8, 4) is 11.5 Å². The summed E-state index contributed by atoms with van der Waals surface area (Å²) >= 11 is 0. The van der Waals surface area contributed by atoms with Gasteiger partial charge in [0, 0.05) is 13.5 Å². The molecule has 0 saturated heterocycles. The second-order valence-corrected chi connectivity index (χ2v) is 6.11. The van der Waals surface area contributed by atoms with Crippen LogP contribution in [0.1, 0.15) is 30.7 Å². The minimum Gasteiger partial charge on any atom is -0.484 e. The van der Waals surface area contributed by atoms with Crippen LogP contribution in [0, 0.1) is 6.92 Å². The third-order valence-corrected chi connectivity index (χ3v) is 3.90. The number of hydrogen-bond donors (Lipinski definition) is 0. The Bertz CT molecular complexity index is 753. The Morgan fingerprint density at radius 1 is 1.26 bits per heavy atom. The van der Waals surface area contributed by atoms with Gasteiger partial charge < -0.3 is 18.9 Å². The Kier molecular flexibility index (Phi) is 8.14. The van der Waals surface area contributed by atoms with Gasteiger partial charge in [0.25, 0.3) is 0 Å². The summed E-state index contributed by atoms with van der Waals surface area (Å²) < 4.78 is 21.8. The summed E-state index contributed by atoms with van der Waals surface area (Å²) in [4.78, 5) is 16.0. The molecule has 7 heteroatoms. The minimum absolute atomic E-state index is 0.113. The number of rotatable bonds is 10. The van der Waals surface area contributed by atoms with Gasteiger partial charge in [-0.2, -0.15) is 0 Å². The zero-order valence-electron chi connectivity index (χ0n) is 16.4. The molecule has 0 fully saturated rings. The van der Waals surface area contributed by atoms with E-state index in [-0.39, 0.29) is 18.7 Å². The van der Waals surface area contributed by atoms with Gasteiger partial charge in [-0.3, -0.25) is 4.98 Å². The molecule has 6 nitrogen and oxygen atoms in total. The van der Waals surface area contributed by atoms with E-state index in [1.807, 2.05) is 45.1 Å². The maximum absolute atomic E-state index is 11.4. The number of pyridine rings is 1. The molecule has 2 aromatic rings. The lowest BCUT2D eigenvalue weighted by molar-refractivity contribution is -0.145. The predicted molar refractivity (Wildman–Crippen MR) is 106 cm³/mol. The Hall–Kier alpha value is -2.54. The number of nitrogens with zero attached hydrogens (tertiary/aromatic N) is 1. The molecule has 27 heavy (non-hydrogen) atoms. The highest BCUT2D eigenvalue weighted by Gasteiger charge is 2.16. The monoisotopic (exact) mass is 371 g/mol. The van der Waals surface area contributed by atoms with Crippen LogP contribution in [0.5, 0.6) is 11.5 Å². The Morgan fingerprint density at radius 2 is 2.07 bits per heavy atom. The summed E-state index contributed by atoms with van der Waals surface area (Å²) in [5.74, 6) is 0.945. The van der Waals surface area contributed by atoms with Crippen molar-refractivity contribution in [2.75, 3.05) is 26.9 Å². The number of esters is 1. The number of aromatic nitrogens is 1. The van der Waals surface area contributed by atoms with Crippen LogP contribution in [0.2, 0.25) is 0 Å². The molecule has 0 bridgehead atoms. The van der Waals surface area contributed by atoms with Crippen molar-refractivity contribution in [2.45, 2.75) is 26.4 Å². The van der Waals surface area contributed by atoms with Gasteiger partial charge in [-0.05, 0) is 49.3 Å². The highest BCUT2D eigenvalue weighted by molar-refractivity contribution is 6.30. The molecule has 0 amide bonds. The van der Waals surface area contributed by atoms with Gasteiger partial charge in [0.05, 0.1) is 18.9 Å². The molecule has 0 spiro atoms. The van der Waals surface area contributed by atoms with Crippen LogP contribution in [0.3, 0.4) is 0 Å². The number of methoxy groups -OCH3 is 1. The van der Waals surface area contributed by atoms with E-state index in [2.05, 4.69) is 4.98 Å². The van der Waals surface area contributed by atoms with Crippen LogP contribution < -0.4 is 15.1 Å². The van der Waals surface area contributed by atoms with Gasteiger partial charge in [-0.25, -0.2) is 4.79 Å². The SMILES string of the molecule is Bc1cccc(C(CCOC)Oc2ccc(OCC(=O)OCC)c(C)c2)n1. The first-order valence-electron chi connectivity index (χ1n) is 9.01. The van der Waals surface area contributed by atoms with Crippen molar-refractivity contribution >= 4 is 19.4 Å². The topological polar surface area (TPSA) is 66.9 Å². The van der Waals surface area contributed by atoms with E-state index in [1.165, 1.54) is 0 Å². The lowest BCUT2D eigenvalue weighted by atomic mass is 10.0. The van der Waals surface area contributed by atoms with Crippen LogP contribution in [0.25, 0.3) is 0 Å². The largest absolute Gasteiger partial charge is 0.484 e. The maximum atomic E-state index is 11.4. The first-order valence-corrected chi connectivity index (χ1v) is 9.01. The normalized spacial score (nSPS) is 11.7. The summed E-state index contributed by atoms with van der Waals surface area (Å²) in [6.07, 6.45) is 0.475. The average molecular weight is 371 g/mol. The zero-order valence-corrected chi connectivity index (χ0v) is 16.4. The molecule has 2 rings (SSSR count). The fraction of sp³-hybridized carbons (Fsp3) is 0.400. The van der Waals surface area contributed by atoms with Gasteiger partial charge in [-0.15, -0.1) is 0 Å². The standard InChI is InChI=1S/C20H26BNO5/c1-4-25-20(23)13-26-17-9-8-15(12-14(17)2)27-18(10-11-24-3)16-6-5-7-19(21)22-16/h5-9,12,18H,4,10-11,13,21H2,1-3H3. The summed E-state index contributed by atoms with van der Waals surface area (Å²) in [5, 5.41) is 0. The molecule has 1 atom stereocenters. The molecule has 0 aliphatic heterocycles. The lowest BCUT2D eigenvalue weighted by Gasteiger charge is -2.20. The van der Waals surface area contributed by atoms with Gasteiger partial charge in [0.2, 0.25) is 0 Å². The first-order chi connectivity index (χ1) is 13.0. The van der Waals surface area contributed by atoms with Crippen LogP contribution in [-0.4, -0.2) is 45.7 Å². The first kappa shape index (κ1) is 20.8. The fourth-order valence-electron chi connectivity index (χ4n) is 2.60. The van der Waals surface area contributed by atoms with Crippen molar-refractivity contribution < 1.29 is 23.7 Å². The maximum Gasteiger partial charge on any atom is 0.344 e. The third-order valence-electron chi connectivity index (χ3n) is 3.90. The average Bonchev–Trinajstić information content (AvgIpc) is 2.64. The molecule has 1 heterocycles. The molecule has 1 aromatic heterocycles. The van der Waals surface area contributed by atoms with Crippen molar-refractivity contribution in [2.24, 2.45) is 0 Å². The zero-order chi connectivity index (χ0) is 19.6. The van der Waals surface area contributed by atoms with E-state index >= 15 is 0 Å². The molecule has 0 radical (unpaired) electrons. The molecule has 0 aliphatic carbocycles. The van der Waals surface area contributed by atoms with Gasteiger partial charge in [-0.1, -0.05) is 12.1 Å². The molecular formula is C20H26BNO5. The number of hydrogen-bond acceptors (Lipinski definition) is 6. The van der Waals surface area contributed by atoms with Crippen molar-refractivity contribution in [3.05, 3.63) is 47.7 Å². The van der Waals surface area contributed by atoms with E-state index < -0.39 is 0 Å². The predicted octanol–water partition coefficient (Wildman–Crippen LogP) is 1.75. The second-order valence-electron chi connectivity index (χ2n) is 6.11. The number of carbonyl (C=O) groups is 1. The molecule has 1 unspecified atom stereocenters. The van der Waals surface area contributed by atoms with E-state index in [0.29, 0.717) is 31.1 Å². The van der Waals surface area contributed by atoms with Gasteiger partial charge in [0.1, 0.15) is 17.6 Å². The van der Waals surface area contributed by atoms with Crippen molar-refractivity contribution in [3.63, 3.8) is 0 Å². The van der Waals surface area contributed by atoms with Crippen LogP contribution >= 0.6 is 0 Å². The minimum atomic E-state index is -0.387. The molecule has 144 valence electrons.